The van der Waals surface area contributed by atoms with Crippen molar-refractivity contribution < 1.29 is 0 Å². The van der Waals surface area contributed by atoms with Crippen LogP contribution >= 0.6 is 0 Å². The third kappa shape index (κ3) is 13.6. The van der Waals surface area contributed by atoms with Crippen LogP contribution in [0.2, 0.25) is 0 Å². The van der Waals surface area contributed by atoms with E-state index in [2.05, 4.69) is 39.8 Å². The summed E-state index contributed by atoms with van der Waals surface area (Å²) in [5.74, 6) is 0.529. The second-order valence-corrected chi connectivity index (χ2v) is 22.3. The quantitative estimate of drug-likeness (QED) is 0.0223. The lowest BCUT2D eigenvalue weighted by Crippen LogP contribution is -2.29. The fourth-order valence-electron chi connectivity index (χ4n) is 12.5. The van der Waals surface area contributed by atoms with Crippen molar-refractivity contribution in [3.05, 3.63) is 102 Å². The van der Waals surface area contributed by atoms with E-state index in [1.807, 2.05) is 48.5 Å². The van der Waals surface area contributed by atoms with Crippen molar-refractivity contribution >= 4 is 64.6 Å². The van der Waals surface area contributed by atoms with Crippen LogP contribution in [0.3, 0.4) is 0 Å². The highest BCUT2D eigenvalue weighted by Crippen LogP contribution is 2.40. The van der Waals surface area contributed by atoms with Gasteiger partial charge in [-0.05, 0) is 92.7 Å². The van der Waals surface area contributed by atoms with Crippen molar-refractivity contribution in [2.24, 2.45) is 11.8 Å². The fourth-order valence-corrected chi connectivity index (χ4v) is 12.5. The molecule has 0 aliphatic carbocycles. The largest absolute Gasteiger partial charge is 0.274 e. The Kier molecular flexibility index (Phi) is 22.0. The van der Waals surface area contributed by atoms with E-state index >= 15 is 9.59 Å². The molecule has 0 saturated carbocycles. The van der Waals surface area contributed by atoms with E-state index in [1.165, 1.54) is 154 Å². The fraction of sp³-hybridized carbons (Fsp3) is 0.606. The number of rotatable bonds is 36. The van der Waals surface area contributed by atoms with Gasteiger partial charge >= 0.3 is 0 Å². The van der Waals surface area contributed by atoms with E-state index in [0.29, 0.717) is 34.6 Å². The van der Waals surface area contributed by atoms with Gasteiger partial charge in [-0.15, -0.1) is 0 Å². The molecule has 6 nitrogen and oxygen atoms in total. The van der Waals surface area contributed by atoms with Gasteiger partial charge in [0.25, 0.3) is 22.2 Å². The molecular formula is C66H92N2O4. The van der Waals surface area contributed by atoms with Gasteiger partial charge < -0.3 is 0 Å². The summed E-state index contributed by atoms with van der Waals surface area (Å²) in [6.07, 6.45) is 39.0. The monoisotopic (exact) mass is 977 g/mol. The van der Waals surface area contributed by atoms with Crippen LogP contribution in [0.5, 0.6) is 0 Å². The summed E-state index contributed by atoms with van der Waals surface area (Å²) in [6, 6.07) is 20.1. The first-order chi connectivity index (χ1) is 35.3. The van der Waals surface area contributed by atoms with Crippen molar-refractivity contribution in [3.8, 4) is 0 Å². The smallest absolute Gasteiger partial charge is 0.262 e. The van der Waals surface area contributed by atoms with E-state index in [-0.39, 0.29) is 34.1 Å². The Morgan fingerprint density at radius 2 is 0.528 bits per heavy atom. The lowest BCUT2D eigenvalue weighted by Gasteiger charge is -2.17. The lowest BCUT2D eigenvalue weighted by atomic mass is 9.90. The summed E-state index contributed by atoms with van der Waals surface area (Å²) in [6.45, 7) is 9.94. The molecule has 2 aromatic heterocycles. The van der Waals surface area contributed by atoms with Crippen molar-refractivity contribution in [2.45, 2.75) is 246 Å². The maximum absolute atomic E-state index is 15.1. The molecule has 0 spiro atoms. The van der Waals surface area contributed by atoms with Crippen molar-refractivity contribution in [1.82, 2.24) is 9.13 Å². The average Bonchev–Trinajstić information content (AvgIpc) is 3.79. The van der Waals surface area contributed by atoms with Crippen LogP contribution in [0, 0.1) is 11.8 Å². The van der Waals surface area contributed by atoms with Gasteiger partial charge in [-0.1, -0.05) is 256 Å². The summed E-state index contributed by atoms with van der Waals surface area (Å²) in [5, 5.41) is 8.46. The summed E-state index contributed by atoms with van der Waals surface area (Å²) < 4.78 is 3.17. The first kappa shape index (κ1) is 55.2. The maximum atomic E-state index is 15.1. The number of aromatic nitrogens is 2. The van der Waals surface area contributed by atoms with E-state index in [4.69, 9.17) is 0 Å². The predicted octanol–water partition coefficient (Wildman–Crippen LogP) is 18.3. The van der Waals surface area contributed by atoms with Gasteiger partial charge in [0.2, 0.25) is 0 Å². The van der Waals surface area contributed by atoms with Gasteiger partial charge in [0, 0.05) is 13.1 Å². The van der Waals surface area contributed by atoms with Crippen LogP contribution in [0.25, 0.3) is 64.6 Å². The third-order valence-corrected chi connectivity index (χ3v) is 16.8. The Morgan fingerprint density at radius 1 is 0.292 bits per heavy atom. The van der Waals surface area contributed by atoms with Gasteiger partial charge in [-0.2, -0.15) is 0 Å². The summed E-state index contributed by atoms with van der Waals surface area (Å²) in [4.78, 5) is 59.9. The number of fused-ring (bicyclic) bond motifs is 12. The van der Waals surface area contributed by atoms with E-state index < -0.39 is 0 Å². The molecule has 0 amide bonds. The molecule has 0 aliphatic rings. The maximum Gasteiger partial charge on any atom is 0.262 e. The summed E-state index contributed by atoms with van der Waals surface area (Å²) >= 11 is 0. The molecule has 390 valence electrons. The minimum absolute atomic E-state index is 0.185. The Hall–Kier alpha value is -4.58. The number of nitrogens with zero attached hydrogens (tertiary/aromatic N) is 2. The molecule has 0 N–H and O–H groups in total. The second kappa shape index (κ2) is 28.8. The Morgan fingerprint density at radius 3 is 0.806 bits per heavy atom. The zero-order chi connectivity index (χ0) is 50.7. The van der Waals surface area contributed by atoms with Gasteiger partial charge in [0.05, 0.1) is 21.5 Å². The molecule has 7 aromatic rings. The molecule has 0 saturated heterocycles. The highest BCUT2D eigenvalue weighted by Gasteiger charge is 2.26. The number of hydrogen-bond donors (Lipinski definition) is 0. The average molecular weight is 977 g/mol. The van der Waals surface area contributed by atoms with Crippen molar-refractivity contribution in [3.63, 3.8) is 0 Å². The molecule has 0 radical (unpaired) electrons. The normalized spacial score (nSPS) is 13.1. The van der Waals surface area contributed by atoms with Crippen LogP contribution in [0.1, 0.15) is 233 Å². The van der Waals surface area contributed by atoms with Crippen LogP contribution < -0.4 is 22.2 Å². The highest BCUT2D eigenvalue weighted by molar-refractivity contribution is 6.32. The van der Waals surface area contributed by atoms with Gasteiger partial charge in [0.15, 0.2) is 0 Å². The SMILES string of the molecule is CCCCCCCCCCC(CCCCCCCC)Cn1c(=O)c2c3ccccc3c3cc4c(cc3c2c1=O)c1ccccc1c1c(=O)n(CC(CCCCCCCC)CCCCCCCCCC)c(=O)c41. The van der Waals surface area contributed by atoms with Crippen molar-refractivity contribution in [2.75, 3.05) is 0 Å². The number of hydrogen-bond acceptors (Lipinski definition) is 4. The first-order valence-corrected chi connectivity index (χ1v) is 29.9. The topological polar surface area (TPSA) is 78.1 Å². The van der Waals surface area contributed by atoms with E-state index in [1.54, 1.807) is 9.13 Å². The zero-order valence-corrected chi connectivity index (χ0v) is 45.5. The number of unbranched alkanes of at least 4 members (excludes halogenated alkanes) is 24. The summed E-state index contributed by atoms with van der Waals surface area (Å²) in [5.41, 5.74) is -0.779. The third-order valence-electron chi connectivity index (χ3n) is 16.8. The van der Waals surface area contributed by atoms with Crippen molar-refractivity contribution in [1.29, 1.82) is 0 Å². The Labute approximate surface area is 432 Å². The Bertz CT molecular complexity index is 2800. The van der Waals surface area contributed by atoms with Crippen LogP contribution in [-0.2, 0) is 13.1 Å². The summed E-state index contributed by atoms with van der Waals surface area (Å²) in [7, 11) is 0. The molecule has 5 aromatic carbocycles. The minimum atomic E-state index is -0.204. The predicted molar refractivity (Wildman–Crippen MR) is 312 cm³/mol. The molecule has 6 heteroatoms. The molecule has 0 aliphatic heterocycles. The highest BCUT2D eigenvalue weighted by atomic mass is 16.2. The molecule has 2 atom stereocenters. The standard InChI is InChI=1S/C66H92N2O4/c1-5-9-13-17-21-23-27-31-39-49(37-29-25-19-15-11-7-3)47-67-63(69)59-53-43-35-33-41-51(53)55-46-58-56(45-57(55)61(59)65(67)71)52-42-34-36-44-54(52)60-62(58)66(72)68(64(60)70)48-50(38-30-26-20-16-12-8-4)40-32-28-24-22-18-14-10-6-2/h33-36,41-46,49-50H,5-32,37-40,47-48H2,1-4H3. The lowest BCUT2D eigenvalue weighted by molar-refractivity contribution is 0.351. The van der Waals surface area contributed by atoms with Gasteiger partial charge in [0.1, 0.15) is 0 Å². The second-order valence-electron chi connectivity index (χ2n) is 22.3. The van der Waals surface area contributed by atoms with Crippen LogP contribution in [0.15, 0.2) is 79.8 Å². The minimum Gasteiger partial charge on any atom is -0.274 e. The Balaban J connectivity index is 1.27. The molecule has 0 fully saturated rings. The van der Waals surface area contributed by atoms with Gasteiger partial charge in [-0.3, -0.25) is 28.3 Å². The molecule has 2 heterocycles. The van der Waals surface area contributed by atoms with Gasteiger partial charge in [-0.25, -0.2) is 0 Å². The zero-order valence-electron chi connectivity index (χ0n) is 45.5. The molecular weight excluding hydrogens is 885 g/mol. The molecule has 0 bridgehead atoms. The molecule has 72 heavy (non-hydrogen) atoms. The number of benzene rings is 5. The first-order valence-electron chi connectivity index (χ1n) is 29.9. The van der Waals surface area contributed by atoms with E-state index in [9.17, 15) is 9.59 Å². The van der Waals surface area contributed by atoms with Crippen LogP contribution in [-0.4, -0.2) is 9.13 Å². The molecule has 2 unspecified atom stereocenters. The van der Waals surface area contributed by atoms with E-state index in [0.717, 1.165) is 94.5 Å². The van der Waals surface area contributed by atoms with Crippen LogP contribution in [0.4, 0.5) is 0 Å². The molecule has 7 rings (SSSR count).